The van der Waals surface area contributed by atoms with Crippen LogP contribution < -0.4 is 15.2 Å². The van der Waals surface area contributed by atoms with Gasteiger partial charge in [0, 0.05) is 6.54 Å². The lowest BCUT2D eigenvalue weighted by Gasteiger charge is -2.30. The molecule has 1 aliphatic heterocycles. The first-order valence-corrected chi connectivity index (χ1v) is 13.6. The SMILES string of the molecule is CC(C)C[C@H](NC(=O)[C@@H]1CCCC[C@@H]1NC(=O)[n+]1ccncc1)C(=O)CN1CCCc2ccccc2C1.Cl.Cl. The lowest BCUT2D eigenvalue weighted by molar-refractivity contribution is -0.573. The number of amides is 2. The molecule has 1 fully saturated rings. The Morgan fingerprint density at radius 3 is 2.44 bits per heavy atom. The van der Waals surface area contributed by atoms with Gasteiger partial charge in [0.25, 0.3) is 0 Å². The van der Waals surface area contributed by atoms with E-state index in [0.717, 1.165) is 45.2 Å². The fraction of sp³-hybridized carbons (Fsp3) is 0.552. The monoisotopic (exact) mass is 578 g/mol. The van der Waals surface area contributed by atoms with E-state index in [1.807, 2.05) is 0 Å². The molecule has 2 aliphatic rings. The molecule has 8 nitrogen and oxygen atoms in total. The summed E-state index contributed by atoms with van der Waals surface area (Å²) in [6, 6.07) is 7.38. The first-order chi connectivity index (χ1) is 17.9. The Labute approximate surface area is 244 Å². The van der Waals surface area contributed by atoms with Crippen molar-refractivity contribution in [2.45, 2.75) is 77.4 Å². The fourth-order valence-corrected chi connectivity index (χ4v) is 5.56. The molecule has 2 aromatic rings. The Balaban J connectivity index is 0.00000267. The summed E-state index contributed by atoms with van der Waals surface area (Å²) < 4.78 is 1.43. The predicted molar refractivity (Wildman–Crippen MR) is 155 cm³/mol. The van der Waals surface area contributed by atoms with E-state index in [0.29, 0.717) is 19.4 Å². The number of nitrogens with zero attached hydrogens (tertiary/aromatic N) is 3. The van der Waals surface area contributed by atoms with Crippen molar-refractivity contribution in [1.29, 1.82) is 0 Å². The van der Waals surface area contributed by atoms with Gasteiger partial charge in [-0.25, -0.2) is 5.32 Å². The fourth-order valence-electron chi connectivity index (χ4n) is 5.56. The Bertz CT molecular complexity index is 1090. The number of aryl methyl sites for hydroxylation is 1. The molecule has 3 atom stereocenters. The molecule has 0 spiro atoms. The highest BCUT2D eigenvalue weighted by Crippen LogP contribution is 2.25. The molecule has 1 saturated carbocycles. The van der Waals surface area contributed by atoms with Crippen LogP contribution in [0.3, 0.4) is 0 Å². The highest BCUT2D eigenvalue weighted by atomic mass is 35.5. The van der Waals surface area contributed by atoms with Gasteiger partial charge in [0.15, 0.2) is 5.78 Å². The van der Waals surface area contributed by atoms with Gasteiger partial charge in [-0.05, 0) is 62.1 Å². The van der Waals surface area contributed by atoms with Crippen molar-refractivity contribution in [2.75, 3.05) is 13.1 Å². The molecule has 10 heteroatoms. The number of aromatic nitrogens is 2. The number of fused-ring (bicyclic) bond motifs is 1. The van der Waals surface area contributed by atoms with Crippen LogP contribution in [0, 0.1) is 11.8 Å². The molecule has 214 valence electrons. The Hall–Kier alpha value is -2.55. The number of nitrogens with one attached hydrogen (secondary N) is 2. The summed E-state index contributed by atoms with van der Waals surface area (Å²) in [7, 11) is 0. The van der Waals surface area contributed by atoms with E-state index in [1.165, 1.54) is 15.7 Å². The van der Waals surface area contributed by atoms with Crippen LogP contribution in [0.15, 0.2) is 49.1 Å². The molecule has 0 radical (unpaired) electrons. The van der Waals surface area contributed by atoms with Crippen LogP contribution in [0.5, 0.6) is 0 Å². The lowest BCUT2D eigenvalue weighted by Crippen LogP contribution is -2.58. The molecule has 39 heavy (non-hydrogen) atoms. The lowest BCUT2D eigenvalue weighted by atomic mass is 9.83. The third-order valence-electron chi connectivity index (χ3n) is 7.50. The topological polar surface area (TPSA) is 95.3 Å². The molecule has 0 saturated heterocycles. The summed E-state index contributed by atoms with van der Waals surface area (Å²) in [4.78, 5) is 45.9. The van der Waals surface area contributed by atoms with E-state index < -0.39 is 6.04 Å². The number of hydrogen-bond acceptors (Lipinski definition) is 5. The number of benzene rings is 1. The first kappa shape index (κ1) is 32.7. The maximum absolute atomic E-state index is 13.5. The van der Waals surface area contributed by atoms with Gasteiger partial charge in [-0.2, -0.15) is 9.36 Å². The molecular formula is C29H42Cl2N5O3+. The van der Waals surface area contributed by atoms with Crippen LogP contribution in [0.4, 0.5) is 4.79 Å². The van der Waals surface area contributed by atoms with Gasteiger partial charge < -0.3 is 5.32 Å². The average Bonchev–Trinajstić information content (AvgIpc) is 3.10. The van der Waals surface area contributed by atoms with Crippen molar-refractivity contribution >= 4 is 42.5 Å². The number of carbonyl (C=O) groups excluding carboxylic acids is 3. The van der Waals surface area contributed by atoms with Gasteiger partial charge in [0.2, 0.25) is 5.91 Å². The van der Waals surface area contributed by atoms with Crippen LogP contribution in [0.1, 0.15) is 63.5 Å². The maximum atomic E-state index is 13.5. The molecular weight excluding hydrogens is 537 g/mol. The van der Waals surface area contributed by atoms with Crippen molar-refractivity contribution in [3.8, 4) is 0 Å². The Kier molecular flexibility index (Phi) is 13.3. The van der Waals surface area contributed by atoms with Crippen molar-refractivity contribution in [2.24, 2.45) is 11.8 Å². The minimum atomic E-state index is -0.529. The van der Waals surface area contributed by atoms with Gasteiger partial charge in [-0.15, -0.1) is 24.8 Å². The second-order valence-electron chi connectivity index (χ2n) is 10.8. The smallest absolute Gasteiger partial charge is 0.346 e. The zero-order valence-electron chi connectivity index (χ0n) is 22.9. The van der Waals surface area contributed by atoms with Gasteiger partial charge in [0.05, 0.1) is 30.9 Å². The van der Waals surface area contributed by atoms with E-state index in [4.69, 9.17) is 0 Å². The molecule has 2 N–H and O–H groups in total. The number of carbonyl (C=O) groups is 3. The summed E-state index contributed by atoms with van der Waals surface area (Å²) in [5, 5.41) is 6.14. The molecule has 1 aromatic heterocycles. The van der Waals surface area contributed by atoms with Crippen LogP contribution in [0.2, 0.25) is 0 Å². The second kappa shape index (κ2) is 15.9. The minimum absolute atomic E-state index is 0. The van der Waals surface area contributed by atoms with Crippen molar-refractivity contribution in [3.63, 3.8) is 0 Å². The molecule has 2 amide bonds. The Morgan fingerprint density at radius 2 is 1.72 bits per heavy atom. The maximum Gasteiger partial charge on any atom is 0.496 e. The van der Waals surface area contributed by atoms with Gasteiger partial charge in [-0.3, -0.25) is 19.5 Å². The summed E-state index contributed by atoms with van der Waals surface area (Å²) in [6.07, 6.45) is 12.3. The van der Waals surface area contributed by atoms with E-state index in [1.54, 1.807) is 24.8 Å². The summed E-state index contributed by atoms with van der Waals surface area (Å²) in [6.45, 7) is 6.10. The number of Topliss-reactive ketones (excluding diaryl/α,β-unsaturated/α-hetero) is 1. The second-order valence-corrected chi connectivity index (χ2v) is 10.8. The average molecular weight is 580 g/mol. The molecule has 4 rings (SSSR count). The molecule has 1 aromatic carbocycles. The van der Waals surface area contributed by atoms with Crippen LogP contribution in [-0.4, -0.2) is 52.8 Å². The van der Waals surface area contributed by atoms with Crippen LogP contribution in [-0.2, 0) is 22.6 Å². The number of halogens is 2. The first-order valence-electron chi connectivity index (χ1n) is 13.6. The van der Waals surface area contributed by atoms with E-state index >= 15 is 0 Å². The van der Waals surface area contributed by atoms with Crippen LogP contribution >= 0.6 is 24.8 Å². The molecule has 1 aliphatic carbocycles. The predicted octanol–water partition coefficient (Wildman–Crippen LogP) is 3.88. The zero-order valence-corrected chi connectivity index (χ0v) is 24.5. The quantitative estimate of drug-likeness (QED) is 0.463. The van der Waals surface area contributed by atoms with E-state index in [2.05, 4.69) is 58.6 Å². The number of ketones is 1. The van der Waals surface area contributed by atoms with Crippen molar-refractivity contribution in [3.05, 3.63) is 60.2 Å². The Morgan fingerprint density at radius 1 is 1.03 bits per heavy atom. The molecule has 2 heterocycles. The summed E-state index contributed by atoms with van der Waals surface area (Å²) >= 11 is 0. The van der Waals surface area contributed by atoms with Crippen LogP contribution in [0.25, 0.3) is 0 Å². The van der Waals surface area contributed by atoms with Crippen molar-refractivity contribution in [1.82, 2.24) is 20.5 Å². The third kappa shape index (κ3) is 9.26. The standard InChI is InChI=1S/C29H39N5O3.2ClH/c1-21(2)18-26(27(35)20-33-15-7-10-22-8-3-4-9-23(22)19-33)31-28(36)24-11-5-6-12-25(24)32-29(37)34-16-13-30-14-17-34;;/h3-4,8-9,13-14,16-17,21,24-26H,5-7,10-12,15,18-20H2,1-2H3,(H-,31,32,36,37);2*1H/p+1/t24-,25+,26+;;/m1../s1. The van der Waals surface area contributed by atoms with Gasteiger partial charge >= 0.3 is 6.03 Å². The molecule has 0 bridgehead atoms. The van der Waals surface area contributed by atoms with Crippen molar-refractivity contribution < 1.29 is 19.0 Å². The van der Waals surface area contributed by atoms with Gasteiger partial charge in [0.1, 0.15) is 18.4 Å². The largest absolute Gasteiger partial charge is 0.496 e. The summed E-state index contributed by atoms with van der Waals surface area (Å²) in [5.41, 5.74) is 2.64. The van der Waals surface area contributed by atoms with Gasteiger partial charge in [-0.1, -0.05) is 44.5 Å². The summed E-state index contributed by atoms with van der Waals surface area (Å²) in [5.74, 6) is -0.160. The highest BCUT2D eigenvalue weighted by molar-refractivity contribution is 5.91. The number of hydrogen-bond donors (Lipinski definition) is 2. The molecule has 0 unspecified atom stereocenters. The third-order valence-corrected chi connectivity index (χ3v) is 7.50. The number of rotatable bonds is 8. The van der Waals surface area contributed by atoms with E-state index in [9.17, 15) is 14.4 Å². The highest BCUT2D eigenvalue weighted by Gasteiger charge is 2.37. The zero-order chi connectivity index (χ0) is 26.2. The minimum Gasteiger partial charge on any atom is -0.346 e. The normalized spacial score (nSPS) is 19.9. The van der Waals surface area contributed by atoms with E-state index in [-0.39, 0.29) is 60.4 Å².